The van der Waals surface area contributed by atoms with Crippen LogP contribution in [0.2, 0.25) is 0 Å². The molecule has 1 aromatic heterocycles. The molecule has 2 aliphatic heterocycles. The normalized spacial score (nSPS) is 25.6. The third-order valence-corrected chi connectivity index (χ3v) is 8.15. The predicted molar refractivity (Wildman–Crippen MR) is 161 cm³/mol. The Morgan fingerprint density at radius 2 is 1.55 bits per heavy atom. The largest absolute Gasteiger partial charge is 0.481 e. The van der Waals surface area contributed by atoms with Crippen molar-refractivity contribution in [3.8, 4) is 0 Å². The lowest BCUT2D eigenvalue weighted by Gasteiger charge is -2.30. The second kappa shape index (κ2) is 13.9. The molecule has 6 N–H and O–H groups in total. The molecule has 13 nitrogen and oxygen atoms in total. The summed E-state index contributed by atoms with van der Waals surface area (Å²) < 4.78 is 0. The molecule has 5 amide bonds. The molecule has 0 bridgehead atoms. The molecule has 2 aromatic rings. The average Bonchev–Trinajstić information content (AvgIpc) is 3.61. The minimum Gasteiger partial charge on any atom is -0.481 e. The zero-order valence-corrected chi connectivity index (χ0v) is 25.5. The Morgan fingerprint density at radius 1 is 0.886 bits per heavy atom. The number of amides is 5. The second-order valence-corrected chi connectivity index (χ2v) is 12.4. The van der Waals surface area contributed by atoms with Crippen LogP contribution in [0.15, 0.2) is 30.5 Å². The Kier molecular flexibility index (Phi) is 10.3. The van der Waals surface area contributed by atoms with E-state index in [1.807, 2.05) is 38.1 Å². The Morgan fingerprint density at radius 3 is 2.23 bits per heavy atom. The number of hydrogen-bond donors (Lipinski definition) is 6. The van der Waals surface area contributed by atoms with E-state index in [1.54, 1.807) is 20.0 Å². The van der Waals surface area contributed by atoms with Gasteiger partial charge in [-0.1, -0.05) is 45.9 Å². The molecule has 44 heavy (non-hydrogen) atoms. The van der Waals surface area contributed by atoms with Gasteiger partial charge in [-0.15, -0.1) is 0 Å². The van der Waals surface area contributed by atoms with Gasteiger partial charge in [0.15, 0.2) is 0 Å². The summed E-state index contributed by atoms with van der Waals surface area (Å²) in [4.78, 5) is 84.4. The quantitative estimate of drug-likeness (QED) is 0.268. The molecule has 1 aromatic carbocycles. The molecule has 238 valence electrons. The number of nitrogens with one attached hydrogen (secondary N) is 5. The van der Waals surface area contributed by atoms with Crippen LogP contribution in [0.5, 0.6) is 0 Å². The van der Waals surface area contributed by atoms with Gasteiger partial charge in [0.1, 0.15) is 30.2 Å². The van der Waals surface area contributed by atoms with Gasteiger partial charge in [-0.05, 0) is 42.7 Å². The molecule has 2 aliphatic rings. The van der Waals surface area contributed by atoms with Crippen molar-refractivity contribution in [2.45, 2.75) is 90.0 Å². The maximum atomic E-state index is 13.8. The highest BCUT2D eigenvalue weighted by molar-refractivity contribution is 5.99. The zero-order valence-electron chi connectivity index (χ0n) is 25.5. The van der Waals surface area contributed by atoms with Gasteiger partial charge in [0, 0.05) is 30.1 Å². The van der Waals surface area contributed by atoms with Crippen molar-refractivity contribution in [1.29, 1.82) is 0 Å². The maximum Gasteiger partial charge on any atom is 0.305 e. The fraction of sp³-hybridized carbons (Fsp3) is 0.548. The van der Waals surface area contributed by atoms with E-state index in [9.17, 15) is 33.9 Å². The van der Waals surface area contributed by atoms with Crippen LogP contribution in [-0.2, 0) is 35.2 Å². The van der Waals surface area contributed by atoms with Crippen molar-refractivity contribution in [2.75, 3.05) is 6.54 Å². The third-order valence-electron chi connectivity index (χ3n) is 8.15. The Balaban J connectivity index is 1.76. The lowest BCUT2D eigenvalue weighted by Crippen LogP contribution is -2.59. The number of para-hydroxylation sites is 1. The fourth-order valence-corrected chi connectivity index (χ4v) is 5.90. The van der Waals surface area contributed by atoms with Crippen molar-refractivity contribution in [1.82, 2.24) is 31.2 Å². The van der Waals surface area contributed by atoms with Gasteiger partial charge in [-0.25, -0.2) is 0 Å². The molecule has 4 rings (SSSR count). The Hall–Kier alpha value is -4.42. The smallest absolute Gasteiger partial charge is 0.305 e. The summed E-state index contributed by atoms with van der Waals surface area (Å²) in [5.41, 5.74) is 1.55. The number of aromatic nitrogens is 1. The van der Waals surface area contributed by atoms with Crippen LogP contribution in [0.3, 0.4) is 0 Å². The SMILES string of the molecule is CC(C)C[C@@H]1NC(=O)[C@@H](C(C)C)NC(=O)[C@@H]2CCCN2C(=O)C(CC(=O)O)NC(=O)[C@@H](Cc2c[nH]c3ccccc23)NC1=O. The van der Waals surface area contributed by atoms with Crippen LogP contribution in [0.1, 0.15) is 58.9 Å². The first-order valence-electron chi connectivity index (χ1n) is 15.1. The number of carbonyl (C=O) groups excluding carboxylic acids is 5. The number of benzene rings is 1. The molecule has 3 heterocycles. The average molecular weight is 611 g/mol. The van der Waals surface area contributed by atoms with Crippen molar-refractivity contribution in [2.24, 2.45) is 11.8 Å². The van der Waals surface area contributed by atoms with E-state index in [0.29, 0.717) is 12.8 Å². The second-order valence-electron chi connectivity index (χ2n) is 12.4. The molecule has 5 atom stereocenters. The van der Waals surface area contributed by atoms with E-state index in [1.165, 1.54) is 4.90 Å². The minimum atomic E-state index is -1.48. The van der Waals surface area contributed by atoms with E-state index >= 15 is 0 Å². The third kappa shape index (κ3) is 7.56. The fourth-order valence-electron chi connectivity index (χ4n) is 5.90. The van der Waals surface area contributed by atoms with Crippen LogP contribution in [0.4, 0.5) is 0 Å². The van der Waals surface area contributed by atoms with E-state index in [-0.39, 0.29) is 31.2 Å². The number of hydrogen-bond acceptors (Lipinski definition) is 6. The molecule has 2 fully saturated rings. The van der Waals surface area contributed by atoms with Gasteiger partial charge >= 0.3 is 5.97 Å². The van der Waals surface area contributed by atoms with Crippen molar-refractivity contribution in [3.63, 3.8) is 0 Å². The van der Waals surface area contributed by atoms with Crippen molar-refractivity contribution >= 4 is 46.4 Å². The van der Waals surface area contributed by atoms with Crippen LogP contribution in [-0.4, -0.2) is 87.2 Å². The molecular formula is C31H42N6O7. The molecule has 13 heteroatoms. The maximum absolute atomic E-state index is 13.8. The first-order chi connectivity index (χ1) is 20.8. The summed E-state index contributed by atoms with van der Waals surface area (Å²) in [6.07, 6.45) is 2.11. The van der Waals surface area contributed by atoms with Gasteiger partial charge in [0.05, 0.1) is 6.42 Å². The lowest BCUT2D eigenvalue weighted by molar-refractivity contribution is -0.146. The Labute approximate surface area is 255 Å². The molecular weight excluding hydrogens is 568 g/mol. The molecule has 0 aliphatic carbocycles. The van der Waals surface area contributed by atoms with Gasteiger partial charge in [-0.3, -0.25) is 28.8 Å². The molecule has 2 saturated heterocycles. The van der Waals surface area contributed by atoms with E-state index < -0.39 is 72.1 Å². The van der Waals surface area contributed by atoms with Crippen LogP contribution in [0, 0.1) is 11.8 Å². The summed E-state index contributed by atoms with van der Waals surface area (Å²) in [6, 6.07) is 1.79. The highest BCUT2D eigenvalue weighted by atomic mass is 16.4. The van der Waals surface area contributed by atoms with Crippen molar-refractivity contribution < 1.29 is 33.9 Å². The number of aliphatic carboxylic acids is 1. The zero-order chi connectivity index (χ0) is 32.1. The predicted octanol–water partition coefficient (Wildman–Crippen LogP) is 0.831. The number of carboxylic acid groups (broad SMARTS) is 1. The summed E-state index contributed by atoms with van der Waals surface area (Å²) in [5, 5.41) is 21.3. The van der Waals surface area contributed by atoms with E-state index in [2.05, 4.69) is 26.3 Å². The summed E-state index contributed by atoms with van der Waals surface area (Å²) >= 11 is 0. The number of carbonyl (C=O) groups is 6. The molecule has 0 saturated carbocycles. The van der Waals surface area contributed by atoms with Gasteiger partial charge in [0.25, 0.3) is 0 Å². The number of rotatable bonds is 7. The molecule has 1 unspecified atom stereocenters. The standard InChI is InChI=1S/C31H42N6O7/c1-16(2)12-21-27(40)33-22(13-18-15-32-20-9-6-5-8-19(18)20)28(41)35-23(14-25(38)39)31(44)37-11-7-10-24(37)29(42)36-26(17(3)4)30(43)34-21/h5-6,8-9,15-17,21-24,26,32H,7,10-14H2,1-4H3,(H,33,40)(H,34,43)(H,35,41)(H,36,42)(H,38,39)/t21-,22+,23?,24-,26+/m0/s1. The van der Waals surface area contributed by atoms with Gasteiger partial charge in [0.2, 0.25) is 29.5 Å². The van der Waals surface area contributed by atoms with E-state index in [0.717, 1.165) is 16.5 Å². The van der Waals surface area contributed by atoms with Crippen LogP contribution in [0.25, 0.3) is 10.9 Å². The Bertz CT molecular complexity index is 1420. The monoisotopic (exact) mass is 610 g/mol. The summed E-state index contributed by atoms with van der Waals surface area (Å²) in [5.74, 6) is -4.86. The molecule has 0 radical (unpaired) electrons. The summed E-state index contributed by atoms with van der Waals surface area (Å²) in [7, 11) is 0. The van der Waals surface area contributed by atoms with Crippen molar-refractivity contribution in [3.05, 3.63) is 36.0 Å². The number of carboxylic acids is 1. The van der Waals surface area contributed by atoms with Gasteiger partial charge < -0.3 is 36.3 Å². The van der Waals surface area contributed by atoms with E-state index in [4.69, 9.17) is 0 Å². The number of fused-ring (bicyclic) bond motifs is 2. The lowest BCUT2D eigenvalue weighted by atomic mass is 9.98. The highest BCUT2D eigenvalue weighted by Gasteiger charge is 2.41. The molecule has 0 spiro atoms. The first kappa shape index (κ1) is 32.5. The first-order valence-corrected chi connectivity index (χ1v) is 15.1. The highest BCUT2D eigenvalue weighted by Crippen LogP contribution is 2.22. The number of nitrogens with zero attached hydrogens (tertiary/aromatic N) is 1. The minimum absolute atomic E-state index is 0.00858. The van der Waals surface area contributed by atoms with Crippen LogP contribution >= 0.6 is 0 Å². The number of aromatic amines is 1. The summed E-state index contributed by atoms with van der Waals surface area (Å²) in [6.45, 7) is 7.49. The van der Waals surface area contributed by atoms with Gasteiger partial charge in [-0.2, -0.15) is 0 Å². The van der Waals surface area contributed by atoms with Crippen LogP contribution < -0.4 is 21.3 Å². The number of H-pyrrole nitrogens is 1. The topological polar surface area (TPSA) is 190 Å².